The van der Waals surface area contributed by atoms with Crippen molar-refractivity contribution in [3.8, 4) is 0 Å². The van der Waals surface area contributed by atoms with Crippen LogP contribution in [0.5, 0.6) is 0 Å². The summed E-state index contributed by atoms with van der Waals surface area (Å²) in [6, 6.07) is 4.08. The molecule has 0 spiro atoms. The van der Waals surface area contributed by atoms with Crippen molar-refractivity contribution in [2.24, 2.45) is 11.5 Å². The van der Waals surface area contributed by atoms with E-state index in [2.05, 4.69) is 11.0 Å². The van der Waals surface area contributed by atoms with Gasteiger partial charge in [-0.25, -0.2) is 0 Å². The molecule has 2 rings (SSSR count). The molecule has 0 aliphatic carbocycles. The molecular weight excluding hydrogens is 210 g/mol. The Balaban J connectivity index is 2.11. The first-order valence-corrected chi connectivity index (χ1v) is 5.90. The summed E-state index contributed by atoms with van der Waals surface area (Å²) in [4.78, 5) is 14.4. The molecule has 1 aliphatic heterocycles. The van der Waals surface area contributed by atoms with Gasteiger partial charge < -0.3 is 11.5 Å². The van der Waals surface area contributed by atoms with E-state index in [-0.39, 0.29) is 18.0 Å². The SMILES string of the molecule is NCC(c1cccs1)N1CCC1C(N)=O. The number of likely N-dealkylation sites (tertiary alicyclic amines) is 1. The van der Waals surface area contributed by atoms with Crippen molar-refractivity contribution in [2.45, 2.75) is 18.5 Å². The molecule has 1 fully saturated rings. The minimum absolute atomic E-state index is 0.124. The first-order chi connectivity index (χ1) is 7.24. The van der Waals surface area contributed by atoms with Gasteiger partial charge in [0.2, 0.25) is 5.91 Å². The first kappa shape index (κ1) is 10.6. The summed E-state index contributed by atoms with van der Waals surface area (Å²) in [7, 11) is 0. The molecule has 5 heteroatoms. The van der Waals surface area contributed by atoms with Crippen LogP contribution in [0.25, 0.3) is 0 Å². The van der Waals surface area contributed by atoms with Gasteiger partial charge in [-0.1, -0.05) is 6.07 Å². The molecule has 1 aromatic rings. The lowest BCUT2D eigenvalue weighted by Gasteiger charge is -2.43. The highest BCUT2D eigenvalue weighted by Crippen LogP contribution is 2.31. The van der Waals surface area contributed by atoms with Crippen molar-refractivity contribution in [3.63, 3.8) is 0 Å². The van der Waals surface area contributed by atoms with Crippen molar-refractivity contribution >= 4 is 17.2 Å². The number of amides is 1. The van der Waals surface area contributed by atoms with Crippen LogP contribution in [-0.2, 0) is 4.79 Å². The number of thiophene rings is 1. The molecular formula is C10H15N3OS. The normalized spacial score (nSPS) is 23.4. The maximum absolute atomic E-state index is 11.1. The van der Waals surface area contributed by atoms with Crippen LogP contribution in [0.1, 0.15) is 17.3 Å². The highest BCUT2D eigenvalue weighted by atomic mass is 32.1. The van der Waals surface area contributed by atoms with Crippen molar-refractivity contribution in [2.75, 3.05) is 13.1 Å². The van der Waals surface area contributed by atoms with Crippen LogP contribution in [0, 0.1) is 0 Å². The fourth-order valence-electron chi connectivity index (χ4n) is 1.98. The van der Waals surface area contributed by atoms with Crippen molar-refractivity contribution in [1.29, 1.82) is 0 Å². The van der Waals surface area contributed by atoms with Gasteiger partial charge in [0.05, 0.1) is 12.1 Å². The molecule has 0 aromatic carbocycles. The molecule has 82 valence electrons. The van der Waals surface area contributed by atoms with Crippen molar-refractivity contribution in [1.82, 2.24) is 4.90 Å². The minimum Gasteiger partial charge on any atom is -0.368 e. The van der Waals surface area contributed by atoms with E-state index in [1.807, 2.05) is 11.4 Å². The standard InChI is InChI=1S/C10H15N3OS/c11-6-8(9-2-1-5-15-9)13-4-3-7(13)10(12)14/h1-2,5,7-8H,3-4,6,11H2,(H2,12,14). The lowest BCUT2D eigenvalue weighted by atomic mass is 9.98. The number of carbonyl (C=O) groups is 1. The van der Waals surface area contributed by atoms with Crippen LogP contribution in [0.2, 0.25) is 0 Å². The average Bonchev–Trinajstić information content (AvgIpc) is 2.63. The molecule has 0 saturated carbocycles. The van der Waals surface area contributed by atoms with E-state index in [1.54, 1.807) is 11.3 Å². The van der Waals surface area contributed by atoms with E-state index in [0.717, 1.165) is 13.0 Å². The Morgan fingerprint density at radius 1 is 1.73 bits per heavy atom. The van der Waals surface area contributed by atoms with E-state index < -0.39 is 0 Å². The molecule has 1 aromatic heterocycles. The lowest BCUT2D eigenvalue weighted by Crippen LogP contribution is -2.57. The zero-order valence-corrected chi connectivity index (χ0v) is 9.24. The second-order valence-corrected chi connectivity index (χ2v) is 4.69. The van der Waals surface area contributed by atoms with E-state index >= 15 is 0 Å². The van der Waals surface area contributed by atoms with Crippen LogP contribution < -0.4 is 11.5 Å². The van der Waals surface area contributed by atoms with Crippen molar-refractivity contribution in [3.05, 3.63) is 22.4 Å². The molecule has 1 aliphatic rings. The summed E-state index contributed by atoms with van der Waals surface area (Å²) in [6.45, 7) is 1.44. The number of rotatable bonds is 4. The molecule has 2 heterocycles. The molecule has 4 nitrogen and oxygen atoms in total. The Bertz CT molecular complexity index is 338. The van der Waals surface area contributed by atoms with Crippen molar-refractivity contribution < 1.29 is 4.79 Å². The van der Waals surface area contributed by atoms with Crippen LogP contribution in [-0.4, -0.2) is 29.9 Å². The van der Waals surface area contributed by atoms with E-state index in [0.29, 0.717) is 6.54 Å². The molecule has 1 amide bonds. The molecule has 2 atom stereocenters. The summed E-state index contributed by atoms with van der Waals surface area (Å²) in [5.74, 6) is -0.240. The molecule has 0 bridgehead atoms. The zero-order valence-electron chi connectivity index (χ0n) is 8.43. The van der Waals surface area contributed by atoms with Gasteiger partial charge >= 0.3 is 0 Å². The topological polar surface area (TPSA) is 72.3 Å². The van der Waals surface area contributed by atoms with Crippen LogP contribution in [0.3, 0.4) is 0 Å². The smallest absolute Gasteiger partial charge is 0.234 e. The fourth-order valence-corrected chi connectivity index (χ4v) is 2.84. The average molecular weight is 225 g/mol. The van der Waals surface area contributed by atoms with Gasteiger partial charge in [0.15, 0.2) is 0 Å². The molecule has 15 heavy (non-hydrogen) atoms. The number of primary amides is 1. The van der Waals surface area contributed by atoms with E-state index in [1.165, 1.54) is 4.88 Å². The summed E-state index contributed by atoms with van der Waals surface area (Å²) >= 11 is 1.67. The summed E-state index contributed by atoms with van der Waals surface area (Å²) in [5.41, 5.74) is 11.1. The van der Waals surface area contributed by atoms with Gasteiger partial charge in [-0.05, 0) is 17.9 Å². The summed E-state index contributed by atoms with van der Waals surface area (Å²) in [5, 5.41) is 2.02. The summed E-state index contributed by atoms with van der Waals surface area (Å²) < 4.78 is 0. The van der Waals surface area contributed by atoms with Gasteiger partial charge in [0.25, 0.3) is 0 Å². The maximum atomic E-state index is 11.1. The Morgan fingerprint density at radius 3 is 2.93 bits per heavy atom. The highest BCUT2D eigenvalue weighted by Gasteiger charge is 2.37. The zero-order chi connectivity index (χ0) is 10.8. The number of nitrogens with two attached hydrogens (primary N) is 2. The third-order valence-electron chi connectivity index (χ3n) is 2.88. The predicted molar refractivity (Wildman–Crippen MR) is 60.4 cm³/mol. The lowest BCUT2D eigenvalue weighted by molar-refractivity contribution is -0.129. The quantitative estimate of drug-likeness (QED) is 0.774. The Hall–Kier alpha value is -0.910. The fraction of sp³-hybridized carbons (Fsp3) is 0.500. The molecule has 1 saturated heterocycles. The second-order valence-electron chi connectivity index (χ2n) is 3.71. The predicted octanol–water partition coefficient (Wildman–Crippen LogP) is 0.307. The Labute approximate surface area is 92.9 Å². The van der Waals surface area contributed by atoms with Crippen LogP contribution in [0.4, 0.5) is 0 Å². The van der Waals surface area contributed by atoms with Crippen LogP contribution in [0.15, 0.2) is 17.5 Å². The minimum atomic E-state index is -0.240. The number of nitrogens with zero attached hydrogens (tertiary/aromatic N) is 1. The van der Waals surface area contributed by atoms with Gasteiger partial charge in [-0.15, -0.1) is 11.3 Å². The van der Waals surface area contributed by atoms with Gasteiger partial charge in [-0.2, -0.15) is 0 Å². The largest absolute Gasteiger partial charge is 0.368 e. The Kier molecular flexibility index (Phi) is 3.04. The highest BCUT2D eigenvalue weighted by molar-refractivity contribution is 7.10. The van der Waals surface area contributed by atoms with Crippen LogP contribution >= 0.6 is 11.3 Å². The second kappa shape index (κ2) is 4.30. The number of hydrogen-bond acceptors (Lipinski definition) is 4. The third kappa shape index (κ3) is 1.90. The third-order valence-corrected chi connectivity index (χ3v) is 3.86. The first-order valence-electron chi connectivity index (χ1n) is 5.02. The Morgan fingerprint density at radius 2 is 2.53 bits per heavy atom. The molecule has 4 N–H and O–H groups in total. The van der Waals surface area contributed by atoms with Gasteiger partial charge in [0, 0.05) is 18.0 Å². The number of hydrogen-bond donors (Lipinski definition) is 2. The van der Waals surface area contributed by atoms with Gasteiger partial charge in [0.1, 0.15) is 0 Å². The van der Waals surface area contributed by atoms with E-state index in [4.69, 9.17) is 11.5 Å². The van der Waals surface area contributed by atoms with E-state index in [9.17, 15) is 4.79 Å². The monoisotopic (exact) mass is 225 g/mol. The summed E-state index contributed by atoms with van der Waals surface area (Å²) in [6.07, 6.45) is 0.858. The molecule has 0 radical (unpaired) electrons. The van der Waals surface area contributed by atoms with Gasteiger partial charge in [-0.3, -0.25) is 9.69 Å². The maximum Gasteiger partial charge on any atom is 0.234 e. The number of carbonyl (C=O) groups excluding carboxylic acids is 1. The molecule has 2 unspecified atom stereocenters.